The molecule has 0 fully saturated rings. The van der Waals surface area contributed by atoms with Crippen LogP contribution in [0.4, 0.5) is 11.5 Å². The number of anilines is 2. The zero-order valence-electron chi connectivity index (χ0n) is 8.99. The smallest absolute Gasteiger partial charge is 0.341 e. The van der Waals surface area contributed by atoms with E-state index in [9.17, 15) is 4.79 Å². The quantitative estimate of drug-likeness (QED) is 0.784. The number of halogens is 1. The first-order chi connectivity index (χ1) is 8.09. The number of carboxylic acids is 1. The monoisotopic (exact) mass is 251 g/mol. The number of carboxylic acid groups (broad SMARTS) is 1. The van der Waals surface area contributed by atoms with Crippen molar-refractivity contribution in [3.05, 3.63) is 40.5 Å². The van der Waals surface area contributed by atoms with E-state index < -0.39 is 5.97 Å². The first kappa shape index (κ1) is 11.5. The van der Waals surface area contributed by atoms with Crippen molar-refractivity contribution in [3.8, 4) is 0 Å². The minimum absolute atomic E-state index is 0.116. The summed E-state index contributed by atoms with van der Waals surface area (Å²) in [4.78, 5) is 11.0. The van der Waals surface area contributed by atoms with Crippen LogP contribution in [-0.2, 0) is 0 Å². The van der Waals surface area contributed by atoms with Crippen LogP contribution in [0.15, 0.2) is 24.3 Å². The van der Waals surface area contributed by atoms with E-state index in [-0.39, 0.29) is 11.4 Å². The second-order valence-electron chi connectivity index (χ2n) is 3.48. The number of hydrogen-bond acceptors (Lipinski definition) is 3. The Morgan fingerprint density at radius 3 is 2.82 bits per heavy atom. The Bertz CT molecular complexity index is 566. The average Bonchev–Trinajstić information content (AvgIpc) is 2.63. The van der Waals surface area contributed by atoms with Gasteiger partial charge in [0.15, 0.2) is 5.82 Å². The van der Waals surface area contributed by atoms with Crippen LogP contribution in [0.2, 0.25) is 5.02 Å². The van der Waals surface area contributed by atoms with E-state index in [1.165, 1.54) is 0 Å². The van der Waals surface area contributed by atoms with Gasteiger partial charge in [0.25, 0.3) is 0 Å². The van der Waals surface area contributed by atoms with Crippen LogP contribution in [0.25, 0.3) is 0 Å². The first-order valence-corrected chi connectivity index (χ1v) is 5.27. The lowest BCUT2D eigenvalue weighted by molar-refractivity contribution is 0.0697. The van der Waals surface area contributed by atoms with Gasteiger partial charge in [-0.2, -0.15) is 5.10 Å². The van der Waals surface area contributed by atoms with E-state index in [1.807, 2.05) is 0 Å². The molecule has 0 saturated heterocycles. The highest BCUT2D eigenvalue weighted by molar-refractivity contribution is 6.33. The number of carbonyl (C=O) groups is 1. The van der Waals surface area contributed by atoms with E-state index in [4.69, 9.17) is 16.7 Å². The van der Waals surface area contributed by atoms with Gasteiger partial charge in [0, 0.05) is 5.69 Å². The van der Waals surface area contributed by atoms with Gasteiger partial charge in [0.2, 0.25) is 0 Å². The predicted molar refractivity (Wildman–Crippen MR) is 65.0 cm³/mol. The minimum atomic E-state index is -1.04. The summed E-state index contributed by atoms with van der Waals surface area (Å²) in [6, 6.07) is 7.05. The van der Waals surface area contributed by atoms with Gasteiger partial charge in [0.1, 0.15) is 5.56 Å². The molecule has 2 aromatic rings. The number of nitrogens with zero attached hydrogens (tertiary/aromatic N) is 1. The maximum atomic E-state index is 11.0. The third-order valence-corrected chi connectivity index (χ3v) is 2.62. The number of aromatic nitrogens is 2. The lowest BCUT2D eigenvalue weighted by Gasteiger charge is -2.05. The Balaban J connectivity index is 2.37. The molecule has 1 aromatic heterocycles. The van der Waals surface area contributed by atoms with E-state index >= 15 is 0 Å². The Hall–Kier alpha value is -2.01. The number of aryl methyl sites for hydroxylation is 1. The van der Waals surface area contributed by atoms with Crippen molar-refractivity contribution < 1.29 is 9.90 Å². The minimum Gasteiger partial charge on any atom is -0.477 e. The third kappa shape index (κ3) is 2.24. The first-order valence-electron chi connectivity index (χ1n) is 4.89. The molecule has 17 heavy (non-hydrogen) atoms. The molecule has 0 spiro atoms. The van der Waals surface area contributed by atoms with Gasteiger partial charge in [-0.1, -0.05) is 23.7 Å². The molecule has 0 atom stereocenters. The van der Waals surface area contributed by atoms with Crippen LogP contribution in [0.3, 0.4) is 0 Å². The molecule has 3 N–H and O–H groups in total. The number of aromatic amines is 1. The van der Waals surface area contributed by atoms with Gasteiger partial charge in [-0.15, -0.1) is 0 Å². The summed E-state index contributed by atoms with van der Waals surface area (Å²) in [5, 5.41) is 19.0. The lowest BCUT2D eigenvalue weighted by atomic mass is 10.2. The molecule has 0 aliphatic rings. The van der Waals surface area contributed by atoms with Crippen LogP contribution in [0.5, 0.6) is 0 Å². The molecule has 0 bridgehead atoms. The van der Waals surface area contributed by atoms with Crippen molar-refractivity contribution in [2.75, 3.05) is 5.32 Å². The van der Waals surface area contributed by atoms with E-state index in [0.29, 0.717) is 16.4 Å². The van der Waals surface area contributed by atoms with Gasteiger partial charge in [-0.3, -0.25) is 5.10 Å². The van der Waals surface area contributed by atoms with Crippen LogP contribution in [0.1, 0.15) is 16.1 Å². The maximum absolute atomic E-state index is 11.0. The fourth-order valence-corrected chi connectivity index (χ4v) is 1.65. The highest BCUT2D eigenvalue weighted by Gasteiger charge is 2.17. The molecular formula is C11H10ClN3O2. The topological polar surface area (TPSA) is 78.0 Å². The summed E-state index contributed by atoms with van der Waals surface area (Å²) in [6.45, 7) is 1.65. The summed E-state index contributed by atoms with van der Waals surface area (Å²) >= 11 is 5.96. The number of aromatic carboxylic acids is 1. The Morgan fingerprint density at radius 1 is 1.47 bits per heavy atom. The van der Waals surface area contributed by atoms with Gasteiger partial charge in [-0.05, 0) is 19.1 Å². The Kier molecular flexibility index (Phi) is 3.01. The zero-order chi connectivity index (χ0) is 12.4. The molecule has 6 heteroatoms. The molecule has 1 aromatic carbocycles. The molecule has 0 aliphatic heterocycles. The van der Waals surface area contributed by atoms with Gasteiger partial charge in [0.05, 0.1) is 10.7 Å². The van der Waals surface area contributed by atoms with E-state index in [1.54, 1.807) is 31.2 Å². The van der Waals surface area contributed by atoms with Crippen molar-refractivity contribution in [1.82, 2.24) is 10.2 Å². The SMILES string of the molecule is Cc1[nH]nc(Nc2ccccc2Cl)c1C(=O)O. The third-order valence-electron chi connectivity index (χ3n) is 2.29. The molecule has 88 valence electrons. The molecular weight excluding hydrogens is 242 g/mol. The van der Waals surface area contributed by atoms with E-state index in [2.05, 4.69) is 15.5 Å². The number of hydrogen-bond donors (Lipinski definition) is 3. The zero-order valence-corrected chi connectivity index (χ0v) is 9.75. The second-order valence-corrected chi connectivity index (χ2v) is 3.89. The molecule has 1 heterocycles. The maximum Gasteiger partial charge on any atom is 0.341 e. The van der Waals surface area contributed by atoms with Crippen LogP contribution < -0.4 is 5.32 Å². The summed E-state index contributed by atoms with van der Waals surface area (Å²) in [5.74, 6) is -0.783. The van der Waals surface area contributed by atoms with Crippen molar-refractivity contribution >= 4 is 29.1 Å². The molecule has 0 aliphatic carbocycles. The van der Waals surface area contributed by atoms with Crippen molar-refractivity contribution in [3.63, 3.8) is 0 Å². The summed E-state index contributed by atoms with van der Waals surface area (Å²) in [7, 11) is 0. The fourth-order valence-electron chi connectivity index (χ4n) is 1.47. The van der Waals surface area contributed by atoms with Gasteiger partial charge < -0.3 is 10.4 Å². The lowest BCUT2D eigenvalue weighted by Crippen LogP contribution is -2.02. The Labute approximate surface area is 102 Å². The number of H-pyrrole nitrogens is 1. The van der Waals surface area contributed by atoms with Crippen molar-refractivity contribution in [2.24, 2.45) is 0 Å². The van der Waals surface area contributed by atoms with Gasteiger partial charge >= 0.3 is 5.97 Å². The van der Waals surface area contributed by atoms with Crippen LogP contribution >= 0.6 is 11.6 Å². The fraction of sp³-hybridized carbons (Fsp3) is 0.0909. The number of para-hydroxylation sites is 1. The number of nitrogens with one attached hydrogen (secondary N) is 2. The normalized spacial score (nSPS) is 10.2. The summed E-state index contributed by atoms with van der Waals surface area (Å²) in [5.41, 5.74) is 1.22. The predicted octanol–water partition coefficient (Wildman–Crippen LogP) is 2.81. The molecule has 5 nitrogen and oxygen atoms in total. The number of rotatable bonds is 3. The van der Waals surface area contributed by atoms with Crippen LogP contribution in [-0.4, -0.2) is 21.3 Å². The van der Waals surface area contributed by atoms with Crippen molar-refractivity contribution in [2.45, 2.75) is 6.92 Å². The largest absolute Gasteiger partial charge is 0.477 e. The molecule has 0 unspecified atom stereocenters. The average molecular weight is 252 g/mol. The Morgan fingerprint density at radius 2 is 2.18 bits per heavy atom. The standard InChI is InChI=1S/C11H10ClN3O2/c1-6-9(11(16)17)10(15-14-6)13-8-5-3-2-4-7(8)12/h2-5H,1H3,(H,16,17)(H2,13,14,15). The second kappa shape index (κ2) is 4.47. The molecule has 0 saturated carbocycles. The highest BCUT2D eigenvalue weighted by Crippen LogP contribution is 2.26. The molecule has 0 amide bonds. The molecule has 0 radical (unpaired) electrons. The van der Waals surface area contributed by atoms with Crippen molar-refractivity contribution in [1.29, 1.82) is 0 Å². The van der Waals surface area contributed by atoms with Crippen LogP contribution in [0, 0.1) is 6.92 Å². The van der Waals surface area contributed by atoms with Gasteiger partial charge in [-0.25, -0.2) is 4.79 Å². The molecule has 2 rings (SSSR count). The summed E-state index contributed by atoms with van der Waals surface area (Å²) in [6.07, 6.45) is 0. The number of benzene rings is 1. The highest BCUT2D eigenvalue weighted by atomic mass is 35.5. The van der Waals surface area contributed by atoms with E-state index in [0.717, 1.165) is 0 Å². The summed E-state index contributed by atoms with van der Waals surface area (Å²) < 4.78 is 0.